The van der Waals surface area contributed by atoms with Gasteiger partial charge in [0.2, 0.25) is 0 Å². The zero-order valence-electron chi connectivity index (χ0n) is 13.1. The first-order valence-corrected chi connectivity index (χ1v) is 7.37. The van der Waals surface area contributed by atoms with E-state index in [1.807, 2.05) is 31.2 Å². The molecule has 23 heavy (non-hydrogen) atoms. The lowest BCUT2D eigenvalue weighted by atomic mass is 10.1. The first-order chi connectivity index (χ1) is 11.1. The van der Waals surface area contributed by atoms with Crippen molar-refractivity contribution in [3.05, 3.63) is 53.8 Å². The van der Waals surface area contributed by atoms with Gasteiger partial charge in [-0.25, -0.2) is 0 Å². The summed E-state index contributed by atoms with van der Waals surface area (Å²) in [5, 5.41) is 0. The van der Waals surface area contributed by atoms with E-state index in [4.69, 9.17) is 15.2 Å². The van der Waals surface area contributed by atoms with Crippen LogP contribution in [0.15, 0.2) is 48.2 Å². The first kappa shape index (κ1) is 15.0. The molecule has 0 radical (unpaired) electrons. The lowest BCUT2D eigenvalue weighted by molar-refractivity contribution is -0.117. The van der Waals surface area contributed by atoms with Crippen LogP contribution in [0.5, 0.6) is 11.5 Å². The predicted molar refractivity (Wildman–Crippen MR) is 90.5 cm³/mol. The number of hydrogen-bond acceptors (Lipinski definition) is 4. The Labute approximate surface area is 134 Å². The Hall–Kier alpha value is -2.95. The minimum Gasteiger partial charge on any atom is -0.497 e. The zero-order chi connectivity index (χ0) is 16.4. The number of carbonyl (C=O) groups excluding carboxylic acids is 1. The van der Waals surface area contributed by atoms with Crippen molar-refractivity contribution >= 4 is 23.4 Å². The Bertz CT molecular complexity index is 784. The minimum absolute atomic E-state index is 0.187. The summed E-state index contributed by atoms with van der Waals surface area (Å²) in [6.07, 6.45) is 1.72. The second-order valence-electron chi connectivity index (χ2n) is 5.16. The van der Waals surface area contributed by atoms with Crippen molar-refractivity contribution in [1.29, 1.82) is 0 Å². The van der Waals surface area contributed by atoms with E-state index in [0.717, 1.165) is 11.3 Å². The Morgan fingerprint density at radius 1 is 1.26 bits per heavy atom. The van der Waals surface area contributed by atoms with Gasteiger partial charge < -0.3 is 20.1 Å². The fourth-order valence-electron chi connectivity index (χ4n) is 2.52. The van der Waals surface area contributed by atoms with Crippen LogP contribution in [-0.4, -0.2) is 19.6 Å². The number of hydrogen-bond donors (Lipinski definition) is 1. The molecule has 0 aliphatic carbocycles. The van der Waals surface area contributed by atoms with Crippen molar-refractivity contribution in [3.8, 4) is 11.5 Å². The second kappa shape index (κ2) is 6.04. The number of likely N-dealkylation sites (N-methyl/N-ethyl adjacent to an activating group) is 1. The van der Waals surface area contributed by atoms with Crippen molar-refractivity contribution in [2.75, 3.05) is 24.3 Å². The summed E-state index contributed by atoms with van der Waals surface area (Å²) < 4.78 is 11.0. The number of benzene rings is 2. The minimum atomic E-state index is -0.187. The standard InChI is InChI=1S/C18H18N2O3/c1-3-20-15-11-13(19)7-8-16(15)23-17(18(20)21)10-12-5-4-6-14(9-12)22-2/h4-11H,3,19H2,1-2H3/b17-10+. The van der Waals surface area contributed by atoms with Crippen LogP contribution in [0, 0.1) is 0 Å². The molecule has 3 rings (SSSR count). The lowest BCUT2D eigenvalue weighted by Gasteiger charge is -2.29. The molecule has 5 nitrogen and oxygen atoms in total. The van der Waals surface area contributed by atoms with Crippen LogP contribution in [0.4, 0.5) is 11.4 Å². The quantitative estimate of drug-likeness (QED) is 0.699. The van der Waals surface area contributed by atoms with Crippen molar-refractivity contribution in [2.45, 2.75) is 6.92 Å². The third kappa shape index (κ3) is 2.85. The summed E-state index contributed by atoms with van der Waals surface area (Å²) in [4.78, 5) is 14.3. The van der Waals surface area contributed by atoms with Crippen LogP contribution in [0.3, 0.4) is 0 Å². The number of nitrogens with zero attached hydrogens (tertiary/aromatic N) is 1. The Kier molecular flexibility index (Phi) is 3.93. The summed E-state index contributed by atoms with van der Waals surface area (Å²) in [5.74, 6) is 1.43. The summed E-state index contributed by atoms with van der Waals surface area (Å²) in [6.45, 7) is 2.45. The average molecular weight is 310 g/mol. The Morgan fingerprint density at radius 2 is 2.09 bits per heavy atom. The van der Waals surface area contributed by atoms with E-state index in [9.17, 15) is 4.79 Å². The highest BCUT2D eigenvalue weighted by atomic mass is 16.5. The molecule has 1 heterocycles. The SMILES string of the molecule is CCN1C(=O)/C(=C\c2cccc(OC)c2)Oc2ccc(N)cc21. The van der Waals surface area contributed by atoms with Gasteiger partial charge in [0.05, 0.1) is 12.8 Å². The number of carbonyl (C=O) groups is 1. The molecule has 0 spiro atoms. The van der Waals surface area contributed by atoms with Gasteiger partial charge in [0.1, 0.15) is 5.75 Å². The fraction of sp³-hybridized carbons (Fsp3) is 0.167. The number of amides is 1. The van der Waals surface area contributed by atoms with Gasteiger partial charge in [-0.2, -0.15) is 0 Å². The van der Waals surface area contributed by atoms with Gasteiger partial charge in [-0.05, 0) is 48.9 Å². The number of fused-ring (bicyclic) bond motifs is 1. The van der Waals surface area contributed by atoms with Crippen LogP contribution >= 0.6 is 0 Å². The highest BCUT2D eigenvalue weighted by Crippen LogP contribution is 2.37. The van der Waals surface area contributed by atoms with Crippen molar-refractivity contribution in [3.63, 3.8) is 0 Å². The van der Waals surface area contributed by atoms with Crippen LogP contribution in [0.2, 0.25) is 0 Å². The van der Waals surface area contributed by atoms with E-state index in [0.29, 0.717) is 23.7 Å². The van der Waals surface area contributed by atoms with E-state index in [-0.39, 0.29) is 11.7 Å². The largest absolute Gasteiger partial charge is 0.497 e. The molecule has 0 bridgehead atoms. The average Bonchev–Trinajstić information content (AvgIpc) is 2.56. The molecule has 1 amide bonds. The van der Waals surface area contributed by atoms with E-state index in [1.165, 1.54) is 0 Å². The van der Waals surface area contributed by atoms with Gasteiger partial charge in [-0.3, -0.25) is 4.79 Å². The molecule has 2 N–H and O–H groups in total. The summed E-state index contributed by atoms with van der Waals surface area (Å²) in [7, 11) is 1.61. The van der Waals surface area contributed by atoms with Gasteiger partial charge >= 0.3 is 0 Å². The van der Waals surface area contributed by atoms with E-state index >= 15 is 0 Å². The zero-order valence-corrected chi connectivity index (χ0v) is 13.1. The number of nitrogens with two attached hydrogens (primary N) is 1. The molecule has 0 aromatic heterocycles. The highest BCUT2D eigenvalue weighted by molar-refractivity contribution is 6.10. The molecule has 1 aliphatic heterocycles. The molecule has 5 heteroatoms. The molecule has 118 valence electrons. The molecule has 0 saturated carbocycles. The van der Waals surface area contributed by atoms with Crippen LogP contribution < -0.4 is 20.1 Å². The topological polar surface area (TPSA) is 64.8 Å². The number of rotatable bonds is 3. The Balaban J connectivity index is 2.02. The lowest BCUT2D eigenvalue weighted by Crippen LogP contribution is -2.37. The van der Waals surface area contributed by atoms with Crippen LogP contribution in [0.1, 0.15) is 12.5 Å². The molecule has 2 aromatic rings. The first-order valence-electron chi connectivity index (χ1n) is 7.37. The van der Waals surface area contributed by atoms with Crippen molar-refractivity contribution < 1.29 is 14.3 Å². The maximum absolute atomic E-state index is 12.6. The van der Waals surface area contributed by atoms with E-state index < -0.39 is 0 Å². The number of anilines is 2. The highest BCUT2D eigenvalue weighted by Gasteiger charge is 2.29. The molecule has 0 unspecified atom stereocenters. The normalized spacial score (nSPS) is 15.3. The van der Waals surface area contributed by atoms with E-state index in [2.05, 4.69) is 0 Å². The van der Waals surface area contributed by atoms with Gasteiger partial charge in [0.15, 0.2) is 11.5 Å². The summed E-state index contributed by atoms with van der Waals surface area (Å²) >= 11 is 0. The van der Waals surface area contributed by atoms with Gasteiger partial charge in [-0.1, -0.05) is 12.1 Å². The molecule has 0 atom stereocenters. The monoisotopic (exact) mass is 310 g/mol. The second-order valence-corrected chi connectivity index (χ2v) is 5.16. The molecular formula is C18H18N2O3. The van der Waals surface area contributed by atoms with Gasteiger partial charge in [-0.15, -0.1) is 0 Å². The predicted octanol–water partition coefficient (Wildman–Crippen LogP) is 3.06. The summed E-state index contributed by atoms with van der Waals surface area (Å²) in [5.41, 5.74) is 7.94. The van der Waals surface area contributed by atoms with Crippen LogP contribution in [0.25, 0.3) is 6.08 Å². The smallest absolute Gasteiger partial charge is 0.294 e. The molecular weight excluding hydrogens is 292 g/mol. The third-order valence-electron chi connectivity index (χ3n) is 3.66. The third-order valence-corrected chi connectivity index (χ3v) is 3.66. The number of methoxy groups -OCH3 is 1. The summed E-state index contributed by atoms with van der Waals surface area (Å²) in [6, 6.07) is 12.7. The molecule has 2 aromatic carbocycles. The number of nitrogen functional groups attached to an aromatic ring is 1. The van der Waals surface area contributed by atoms with Gasteiger partial charge in [0, 0.05) is 12.2 Å². The van der Waals surface area contributed by atoms with Crippen LogP contribution in [-0.2, 0) is 4.79 Å². The Morgan fingerprint density at radius 3 is 2.83 bits per heavy atom. The number of ether oxygens (including phenoxy) is 2. The maximum atomic E-state index is 12.6. The van der Waals surface area contributed by atoms with Gasteiger partial charge in [0.25, 0.3) is 5.91 Å². The van der Waals surface area contributed by atoms with Crippen molar-refractivity contribution in [2.24, 2.45) is 0 Å². The molecule has 0 saturated heterocycles. The fourth-order valence-corrected chi connectivity index (χ4v) is 2.52. The molecule has 1 aliphatic rings. The van der Waals surface area contributed by atoms with E-state index in [1.54, 1.807) is 36.3 Å². The molecule has 0 fully saturated rings. The maximum Gasteiger partial charge on any atom is 0.294 e. The van der Waals surface area contributed by atoms with Crippen molar-refractivity contribution in [1.82, 2.24) is 0 Å².